The van der Waals surface area contributed by atoms with Gasteiger partial charge < -0.3 is 19.3 Å². The summed E-state index contributed by atoms with van der Waals surface area (Å²) in [6, 6.07) is 0. The predicted octanol–water partition coefficient (Wildman–Crippen LogP) is 9.26. The summed E-state index contributed by atoms with van der Waals surface area (Å²) in [4.78, 5) is 4.52. The van der Waals surface area contributed by atoms with Crippen LogP contribution in [0.3, 0.4) is 0 Å². The third kappa shape index (κ3) is 5.91. The van der Waals surface area contributed by atoms with Gasteiger partial charge in [-0.1, -0.05) is 60.1 Å². The molecule has 5 aliphatic carbocycles. The monoisotopic (exact) mass is 634 g/mol. The summed E-state index contributed by atoms with van der Waals surface area (Å²) in [6.07, 6.45) is 13.9. The first-order chi connectivity index (χ1) is 21.0. The van der Waals surface area contributed by atoms with Gasteiger partial charge in [-0.15, -0.1) is 0 Å². The zero-order chi connectivity index (χ0) is 33.2. The highest BCUT2D eigenvalue weighted by atomic mass is 19.3. The van der Waals surface area contributed by atoms with E-state index in [9.17, 15) is 9.63 Å². The minimum absolute atomic E-state index is 0.0158. The molecule has 0 aromatic heterocycles. The van der Waals surface area contributed by atoms with Crippen molar-refractivity contribution in [3.8, 4) is 0 Å². The van der Waals surface area contributed by atoms with E-state index in [4.69, 9.17) is 14.2 Å². The van der Waals surface area contributed by atoms with E-state index in [0.29, 0.717) is 35.0 Å². The predicted molar refractivity (Wildman–Crippen MR) is 178 cm³/mol. The molecule has 5 nitrogen and oxygen atoms in total. The Morgan fingerprint density at radius 1 is 0.956 bits per heavy atom. The molecule has 4 unspecified atom stereocenters. The first-order valence-corrected chi connectivity index (χ1v) is 18.4. The Morgan fingerprint density at radius 3 is 2.29 bits per heavy atom. The van der Waals surface area contributed by atoms with Crippen LogP contribution in [-0.4, -0.2) is 55.4 Å². The van der Waals surface area contributed by atoms with Crippen LogP contribution in [0, 0.1) is 51.2 Å². The van der Waals surface area contributed by atoms with Gasteiger partial charge in [-0.3, -0.25) is 0 Å². The van der Waals surface area contributed by atoms with Gasteiger partial charge in [0.25, 0.3) is 0 Å². The molecule has 13 atom stereocenters. The summed E-state index contributed by atoms with van der Waals surface area (Å²) in [7, 11) is 3.54. The van der Waals surface area contributed by atoms with Gasteiger partial charge in [-0.05, 0) is 128 Å². The molecule has 5 aliphatic rings. The lowest BCUT2D eigenvalue weighted by atomic mass is 9.39. The number of hydrogen-bond donors (Lipinski definition) is 1. The summed E-state index contributed by atoms with van der Waals surface area (Å²) in [5, 5.41) is 11.3. The normalized spacial score (nSPS) is 46.0. The maximum absolute atomic E-state index is 13.6. The van der Waals surface area contributed by atoms with E-state index in [1.54, 1.807) is 14.2 Å². The summed E-state index contributed by atoms with van der Waals surface area (Å²) < 4.78 is 31.9. The van der Waals surface area contributed by atoms with Crippen LogP contribution in [-0.2, 0) is 19.2 Å². The lowest BCUT2D eigenvalue weighted by molar-refractivity contribution is -0.223. The van der Waals surface area contributed by atoms with Crippen LogP contribution in [0.25, 0.3) is 0 Å². The van der Waals surface area contributed by atoms with Crippen molar-refractivity contribution >= 4 is 0 Å². The number of fused-ring (bicyclic) bond motifs is 5. The zero-order valence-electron chi connectivity index (χ0n) is 30.6. The average Bonchev–Trinajstić information content (AvgIpc) is 3.25. The van der Waals surface area contributed by atoms with Crippen LogP contribution in [0.15, 0.2) is 11.6 Å². The molecular weight excluding hydrogens is 567 g/mol. The molecule has 0 aromatic rings. The molecule has 45 heavy (non-hydrogen) atoms. The van der Waals surface area contributed by atoms with Gasteiger partial charge >= 0.3 is 0 Å². The standard InChI is InChI=1S/C39H67FO5/c1-24(12-16-33(36(5,6)41)44-26-22-25(2)34(43-11)30(23-26)42-10)27-18-19-39(9)31-15-13-28-29(14-17-32(45-40)35(28,3)4)37(31,7)20-21-38(27,39)8/h13,24-27,29-34,41H,12,14-23H2,1-11H3/t24-,25+,26-,27?,29?,30?,31?,32+,33-,34-,37+,38-,39+/m1/s1. The van der Waals surface area contributed by atoms with Gasteiger partial charge in [0.2, 0.25) is 0 Å². The molecule has 0 spiro atoms. The lowest BCUT2D eigenvalue weighted by Gasteiger charge is -2.66. The molecule has 0 amide bonds. The number of aliphatic hydroxyl groups is 1. The molecule has 0 aromatic carbocycles. The van der Waals surface area contributed by atoms with Crippen molar-refractivity contribution in [2.45, 2.75) is 169 Å². The minimum Gasteiger partial charge on any atom is -0.388 e. The van der Waals surface area contributed by atoms with E-state index >= 15 is 0 Å². The maximum atomic E-state index is 13.6. The molecule has 4 fully saturated rings. The Kier molecular flexibility index (Phi) is 10.1. The van der Waals surface area contributed by atoms with Crippen LogP contribution in [0.4, 0.5) is 4.53 Å². The summed E-state index contributed by atoms with van der Waals surface area (Å²) in [5.41, 5.74) is 1.15. The van der Waals surface area contributed by atoms with Gasteiger partial charge in [0.1, 0.15) is 6.10 Å². The number of halogens is 1. The van der Waals surface area contributed by atoms with Crippen molar-refractivity contribution in [2.75, 3.05) is 14.2 Å². The SMILES string of the molecule is COC1C[C@H](O[C@H](CC[C@@H](C)C2CC[C@@]3(C)C4CC=C5C(CC[C@H](OF)C5(C)C)[C@]4(C)CC[C@]23C)C(C)(C)O)C[C@H](C)[C@H]1OC. The fourth-order valence-electron chi connectivity index (χ4n) is 12.3. The van der Waals surface area contributed by atoms with Crippen LogP contribution in [0.5, 0.6) is 0 Å². The molecule has 0 saturated heterocycles. The second-order valence-electron chi connectivity index (χ2n) is 18.2. The van der Waals surface area contributed by atoms with Gasteiger partial charge in [0.05, 0.1) is 30.0 Å². The first kappa shape index (κ1) is 35.8. The van der Waals surface area contributed by atoms with Crippen LogP contribution < -0.4 is 0 Å². The Hall–Kier alpha value is -0.530. The van der Waals surface area contributed by atoms with Crippen LogP contribution in [0.2, 0.25) is 0 Å². The van der Waals surface area contributed by atoms with E-state index in [2.05, 4.69) is 59.5 Å². The van der Waals surface area contributed by atoms with Gasteiger partial charge in [-0.25, -0.2) is 0 Å². The largest absolute Gasteiger partial charge is 0.388 e. The first-order valence-electron chi connectivity index (χ1n) is 18.4. The minimum atomic E-state index is -0.906. The molecule has 6 heteroatoms. The highest BCUT2D eigenvalue weighted by Crippen LogP contribution is 2.75. The molecule has 0 aliphatic heterocycles. The second-order valence-corrected chi connectivity index (χ2v) is 18.2. The molecule has 5 rings (SSSR count). The highest BCUT2D eigenvalue weighted by molar-refractivity contribution is 5.30. The summed E-state index contributed by atoms with van der Waals surface area (Å²) in [5.74, 6) is 2.76. The number of hydrogen-bond acceptors (Lipinski definition) is 5. The van der Waals surface area contributed by atoms with Gasteiger partial charge in [0.15, 0.2) is 0 Å². The van der Waals surface area contributed by atoms with E-state index in [0.717, 1.165) is 44.9 Å². The average molecular weight is 635 g/mol. The third-order valence-corrected chi connectivity index (χ3v) is 15.3. The van der Waals surface area contributed by atoms with Crippen molar-refractivity contribution in [3.05, 3.63) is 11.6 Å². The fourth-order valence-corrected chi connectivity index (χ4v) is 12.3. The zero-order valence-corrected chi connectivity index (χ0v) is 30.6. The molecule has 0 bridgehead atoms. The van der Waals surface area contributed by atoms with Crippen molar-refractivity contribution < 1.29 is 28.8 Å². The fraction of sp³-hybridized carbons (Fsp3) is 0.949. The quantitative estimate of drug-likeness (QED) is 0.243. The number of allylic oxidation sites excluding steroid dienone is 1. The summed E-state index contributed by atoms with van der Waals surface area (Å²) >= 11 is 0. The Morgan fingerprint density at radius 2 is 1.67 bits per heavy atom. The second kappa shape index (κ2) is 12.7. The molecule has 260 valence electrons. The van der Waals surface area contributed by atoms with Gasteiger partial charge in [0, 0.05) is 26.1 Å². The molecule has 0 radical (unpaired) electrons. The Bertz CT molecular complexity index is 1070. The van der Waals surface area contributed by atoms with Crippen molar-refractivity contribution in [3.63, 3.8) is 0 Å². The highest BCUT2D eigenvalue weighted by Gasteiger charge is 2.67. The molecule has 1 N–H and O–H groups in total. The number of ether oxygens (including phenoxy) is 3. The Balaban J connectivity index is 1.29. The maximum Gasteiger partial charge on any atom is 0.107 e. The number of methoxy groups -OCH3 is 2. The number of rotatable bonds is 10. The Labute approximate surface area is 274 Å². The smallest absolute Gasteiger partial charge is 0.107 e. The van der Waals surface area contributed by atoms with E-state index in [1.807, 2.05) is 13.8 Å². The molecule has 0 heterocycles. The van der Waals surface area contributed by atoms with E-state index in [-0.39, 0.29) is 46.8 Å². The third-order valence-electron chi connectivity index (χ3n) is 15.3. The van der Waals surface area contributed by atoms with Crippen LogP contribution >= 0.6 is 0 Å². The molecular formula is C39H67FO5. The van der Waals surface area contributed by atoms with Gasteiger partial charge in [-0.2, -0.15) is 4.94 Å². The van der Waals surface area contributed by atoms with Crippen molar-refractivity contribution in [1.82, 2.24) is 0 Å². The van der Waals surface area contributed by atoms with E-state index < -0.39 is 5.60 Å². The van der Waals surface area contributed by atoms with Crippen LogP contribution in [0.1, 0.15) is 133 Å². The van der Waals surface area contributed by atoms with E-state index in [1.165, 1.54) is 31.3 Å². The molecule has 4 saturated carbocycles. The van der Waals surface area contributed by atoms with Crippen molar-refractivity contribution in [2.24, 2.45) is 51.2 Å². The summed E-state index contributed by atoms with van der Waals surface area (Å²) in [6.45, 7) is 20.8. The lowest BCUT2D eigenvalue weighted by Crippen LogP contribution is -2.59. The topological polar surface area (TPSA) is 57.2 Å². The van der Waals surface area contributed by atoms with Crippen molar-refractivity contribution in [1.29, 1.82) is 0 Å².